The highest BCUT2D eigenvalue weighted by Gasteiger charge is 2.10. The van der Waals surface area contributed by atoms with E-state index < -0.39 is 0 Å². The van der Waals surface area contributed by atoms with Gasteiger partial charge in [-0.25, -0.2) is 9.97 Å². The summed E-state index contributed by atoms with van der Waals surface area (Å²) < 4.78 is 5.39. The zero-order valence-electron chi connectivity index (χ0n) is 13.0. The first-order valence-corrected chi connectivity index (χ1v) is 7.70. The van der Waals surface area contributed by atoms with Gasteiger partial charge in [0.15, 0.2) is 0 Å². The van der Waals surface area contributed by atoms with Gasteiger partial charge in [0, 0.05) is 37.9 Å². The average Bonchev–Trinajstić information content (AvgIpc) is 2.54. The van der Waals surface area contributed by atoms with Crippen molar-refractivity contribution in [1.82, 2.24) is 14.9 Å². The van der Waals surface area contributed by atoms with Crippen LogP contribution in [0, 0.1) is 6.92 Å². The summed E-state index contributed by atoms with van der Waals surface area (Å²) in [6.45, 7) is 7.45. The van der Waals surface area contributed by atoms with Gasteiger partial charge in [0.1, 0.15) is 12.1 Å². The molecule has 1 aliphatic heterocycles. The van der Waals surface area contributed by atoms with Crippen LogP contribution in [0.4, 0.5) is 5.82 Å². The van der Waals surface area contributed by atoms with Crippen molar-refractivity contribution in [2.24, 2.45) is 0 Å². The molecule has 1 N–H and O–H groups in total. The number of rotatable bonds is 5. The molecular weight excluding hydrogens is 276 g/mol. The van der Waals surface area contributed by atoms with E-state index in [9.17, 15) is 0 Å². The maximum absolute atomic E-state index is 5.39. The van der Waals surface area contributed by atoms with Crippen LogP contribution in [0.15, 0.2) is 36.7 Å². The van der Waals surface area contributed by atoms with Crippen molar-refractivity contribution in [2.75, 3.05) is 31.6 Å². The van der Waals surface area contributed by atoms with Crippen molar-refractivity contribution in [3.63, 3.8) is 0 Å². The molecule has 1 aromatic heterocycles. The van der Waals surface area contributed by atoms with Crippen LogP contribution in [0.3, 0.4) is 0 Å². The van der Waals surface area contributed by atoms with Crippen molar-refractivity contribution in [1.29, 1.82) is 0 Å². The molecule has 1 saturated heterocycles. The van der Waals surface area contributed by atoms with Gasteiger partial charge in [-0.05, 0) is 18.1 Å². The van der Waals surface area contributed by atoms with Gasteiger partial charge in [-0.1, -0.05) is 24.3 Å². The molecule has 0 saturated carbocycles. The minimum absolute atomic E-state index is 0.771. The molecule has 22 heavy (non-hydrogen) atoms. The van der Waals surface area contributed by atoms with E-state index in [1.165, 1.54) is 11.1 Å². The molecule has 5 heteroatoms. The second-order valence-electron chi connectivity index (χ2n) is 5.61. The van der Waals surface area contributed by atoms with Crippen LogP contribution < -0.4 is 5.32 Å². The smallest absolute Gasteiger partial charge is 0.129 e. The second-order valence-corrected chi connectivity index (χ2v) is 5.61. The Kier molecular flexibility index (Phi) is 4.98. The first kappa shape index (κ1) is 14.9. The van der Waals surface area contributed by atoms with Crippen LogP contribution in [-0.4, -0.2) is 41.2 Å². The number of morpholine rings is 1. The van der Waals surface area contributed by atoms with E-state index in [0.29, 0.717) is 0 Å². The Bertz CT molecular complexity index is 611. The SMILES string of the molecule is Cc1cc(NCc2cccc(CN3CCOCC3)c2)ncn1. The number of anilines is 1. The summed E-state index contributed by atoms with van der Waals surface area (Å²) >= 11 is 0. The Morgan fingerprint density at radius 3 is 2.77 bits per heavy atom. The molecule has 1 aliphatic rings. The Labute approximate surface area is 131 Å². The van der Waals surface area contributed by atoms with Crippen LogP contribution in [0.5, 0.6) is 0 Å². The lowest BCUT2D eigenvalue weighted by atomic mass is 10.1. The van der Waals surface area contributed by atoms with Crippen molar-refractivity contribution >= 4 is 5.82 Å². The largest absolute Gasteiger partial charge is 0.379 e. The predicted octanol–water partition coefficient (Wildman–Crippen LogP) is 2.23. The van der Waals surface area contributed by atoms with Gasteiger partial charge in [0.05, 0.1) is 13.2 Å². The average molecular weight is 298 g/mol. The third-order valence-corrected chi connectivity index (χ3v) is 3.78. The summed E-state index contributed by atoms with van der Waals surface area (Å²) in [5.41, 5.74) is 3.58. The number of nitrogens with one attached hydrogen (secondary N) is 1. The van der Waals surface area contributed by atoms with Gasteiger partial charge in [0.25, 0.3) is 0 Å². The zero-order chi connectivity index (χ0) is 15.2. The molecule has 0 unspecified atom stereocenters. The van der Waals surface area contributed by atoms with Crippen molar-refractivity contribution in [2.45, 2.75) is 20.0 Å². The third-order valence-electron chi connectivity index (χ3n) is 3.78. The lowest BCUT2D eigenvalue weighted by Gasteiger charge is -2.26. The van der Waals surface area contributed by atoms with E-state index in [1.54, 1.807) is 6.33 Å². The molecule has 0 atom stereocenters. The van der Waals surface area contributed by atoms with Gasteiger partial charge in [-0.15, -0.1) is 0 Å². The molecule has 1 fully saturated rings. The highest BCUT2D eigenvalue weighted by Crippen LogP contribution is 2.12. The Morgan fingerprint density at radius 2 is 1.95 bits per heavy atom. The maximum atomic E-state index is 5.39. The second kappa shape index (κ2) is 7.33. The number of hydrogen-bond donors (Lipinski definition) is 1. The number of aromatic nitrogens is 2. The molecule has 0 bridgehead atoms. The first-order chi connectivity index (χ1) is 10.8. The van der Waals surface area contributed by atoms with Gasteiger partial charge in [-0.2, -0.15) is 0 Å². The van der Waals surface area contributed by atoms with Crippen LogP contribution in [0.25, 0.3) is 0 Å². The van der Waals surface area contributed by atoms with Crippen molar-refractivity contribution in [3.05, 3.63) is 53.5 Å². The number of aryl methyl sites for hydroxylation is 1. The molecule has 0 aliphatic carbocycles. The standard InChI is InChI=1S/C17H22N4O/c1-14-9-17(20-13-19-14)18-11-15-3-2-4-16(10-15)12-21-5-7-22-8-6-21/h2-4,9-10,13H,5-8,11-12H2,1H3,(H,18,19,20). The number of ether oxygens (including phenoxy) is 1. The van der Waals surface area contributed by atoms with Crippen LogP contribution >= 0.6 is 0 Å². The zero-order valence-corrected chi connectivity index (χ0v) is 13.0. The minimum atomic E-state index is 0.771. The summed E-state index contributed by atoms with van der Waals surface area (Å²) in [6, 6.07) is 10.7. The van der Waals surface area contributed by atoms with Gasteiger partial charge < -0.3 is 10.1 Å². The molecule has 116 valence electrons. The topological polar surface area (TPSA) is 50.3 Å². The molecule has 2 aromatic rings. The van der Waals surface area contributed by atoms with Gasteiger partial charge in [-0.3, -0.25) is 4.90 Å². The van der Waals surface area contributed by atoms with Crippen molar-refractivity contribution in [3.8, 4) is 0 Å². The molecular formula is C17H22N4O. The Morgan fingerprint density at radius 1 is 1.14 bits per heavy atom. The van der Waals surface area contributed by atoms with E-state index in [1.807, 2.05) is 13.0 Å². The normalized spacial score (nSPS) is 15.7. The number of nitrogens with zero attached hydrogens (tertiary/aromatic N) is 3. The first-order valence-electron chi connectivity index (χ1n) is 7.70. The van der Waals surface area contributed by atoms with E-state index in [0.717, 1.165) is 50.9 Å². The summed E-state index contributed by atoms with van der Waals surface area (Å²) in [5.74, 6) is 0.867. The summed E-state index contributed by atoms with van der Waals surface area (Å²) in [6.07, 6.45) is 1.59. The Hall–Kier alpha value is -1.98. The summed E-state index contributed by atoms with van der Waals surface area (Å²) in [7, 11) is 0. The van der Waals surface area contributed by atoms with Crippen LogP contribution in [0.2, 0.25) is 0 Å². The fraction of sp³-hybridized carbons (Fsp3) is 0.412. The molecule has 5 nitrogen and oxygen atoms in total. The lowest BCUT2D eigenvalue weighted by Crippen LogP contribution is -2.35. The minimum Gasteiger partial charge on any atom is -0.379 e. The van der Waals surface area contributed by atoms with E-state index >= 15 is 0 Å². The lowest BCUT2D eigenvalue weighted by molar-refractivity contribution is 0.0342. The van der Waals surface area contributed by atoms with E-state index in [2.05, 4.69) is 44.5 Å². The highest BCUT2D eigenvalue weighted by molar-refractivity contribution is 5.36. The molecule has 0 radical (unpaired) electrons. The quantitative estimate of drug-likeness (QED) is 0.917. The summed E-state index contributed by atoms with van der Waals surface area (Å²) in [5, 5.41) is 3.35. The third kappa shape index (κ3) is 4.26. The Balaban J connectivity index is 1.58. The maximum Gasteiger partial charge on any atom is 0.129 e. The molecule has 2 heterocycles. The fourth-order valence-corrected chi connectivity index (χ4v) is 2.60. The van der Waals surface area contributed by atoms with Crippen molar-refractivity contribution < 1.29 is 4.74 Å². The number of benzene rings is 1. The fourth-order valence-electron chi connectivity index (χ4n) is 2.60. The molecule has 0 spiro atoms. The molecule has 3 rings (SSSR count). The van der Waals surface area contributed by atoms with Gasteiger partial charge in [0.2, 0.25) is 0 Å². The molecule has 0 amide bonds. The molecule has 1 aromatic carbocycles. The number of hydrogen-bond acceptors (Lipinski definition) is 5. The van der Waals surface area contributed by atoms with E-state index in [4.69, 9.17) is 4.74 Å². The summed E-state index contributed by atoms with van der Waals surface area (Å²) in [4.78, 5) is 10.8. The van der Waals surface area contributed by atoms with Crippen LogP contribution in [0.1, 0.15) is 16.8 Å². The predicted molar refractivity (Wildman–Crippen MR) is 86.6 cm³/mol. The monoisotopic (exact) mass is 298 g/mol. The highest BCUT2D eigenvalue weighted by atomic mass is 16.5. The van der Waals surface area contributed by atoms with E-state index in [-0.39, 0.29) is 0 Å². The van der Waals surface area contributed by atoms with Gasteiger partial charge >= 0.3 is 0 Å². The van der Waals surface area contributed by atoms with Crippen LogP contribution in [-0.2, 0) is 17.8 Å².